The molecule has 0 radical (unpaired) electrons. The molecule has 132 valence electrons. The summed E-state index contributed by atoms with van der Waals surface area (Å²) >= 11 is 0. The lowest BCUT2D eigenvalue weighted by Gasteiger charge is -2.43. The van der Waals surface area contributed by atoms with Gasteiger partial charge in [-0.2, -0.15) is 8.42 Å². The summed E-state index contributed by atoms with van der Waals surface area (Å²) in [5.41, 5.74) is 0.926. The minimum absolute atomic E-state index is 0.0163. The van der Waals surface area contributed by atoms with Crippen LogP contribution in [0.1, 0.15) is 38.7 Å². The van der Waals surface area contributed by atoms with Crippen LogP contribution in [-0.2, 0) is 24.0 Å². The largest absolute Gasteiger partial charge is 0.342 e. The van der Waals surface area contributed by atoms with E-state index in [1.54, 1.807) is 12.1 Å². The van der Waals surface area contributed by atoms with E-state index in [2.05, 4.69) is 0 Å². The molecule has 2 rings (SSSR count). The maximum absolute atomic E-state index is 12.7. The number of quaternary nitrogens is 1. The first-order chi connectivity index (χ1) is 11.1. The van der Waals surface area contributed by atoms with Crippen molar-refractivity contribution < 1.29 is 26.9 Å². The average molecular weight is 354 g/mol. The van der Waals surface area contributed by atoms with Crippen molar-refractivity contribution in [2.24, 2.45) is 0 Å². The molecular weight excluding hydrogens is 330 g/mol. The smallest absolute Gasteiger partial charge is 0.293 e. The molecule has 0 saturated carbocycles. The van der Waals surface area contributed by atoms with Crippen LogP contribution in [0.2, 0.25) is 0 Å². The number of piperidine rings is 1. The molecule has 1 fully saturated rings. The Kier molecular flexibility index (Phi) is 5.27. The molecule has 1 saturated heterocycles. The number of ketones is 2. The van der Waals surface area contributed by atoms with Gasteiger partial charge in [0.2, 0.25) is 0 Å². The first-order valence-electron chi connectivity index (χ1n) is 7.97. The van der Waals surface area contributed by atoms with Crippen LogP contribution >= 0.6 is 0 Å². The highest BCUT2D eigenvalue weighted by Gasteiger charge is 2.53. The Morgan fingerprint density at radius 3 is 1.92 bits per heavy atom. The highest BCUT2D eigenvalue weighted by Crippen LogP contribution is 2.34. The lowest BCUT2D eigenvalue weighted by molar-refractivity contribution is -1.09. The molecular formula is C17H24NO5S+. The third kappa shape index (κ3) is 3.58. The molecule has 0 bridgehead atoms. The van der Waals surface area contributed by atoms with Gasteiger partial charge in [-0.05, 0) is 25.5 Å². The van der Waals surface area contributed by atoms with Crippen molar-refractivity contribution >= 4 is 21.7 Å². The molecule has 2 atom stereocenters. The van der Waals surface area contributed by atoms with E-state index in [0.29, 0.717) is 19.3 Å². The number of hydroxylamine groups is 3. The van der Waals surface area contributed by atoms with Crippen molar-refractivity contribution in [2.75, 3.05) is 7.05 Å². The SMILES string of the molecule is CC(=O)C1CCCC(C(C)=O)[N+]1(C)OS(=O)(=O)c1ccc(C)cc1. The number of rotatable bonds is 5. The zero-order valence-corrected chi connectivity index (χ0v) is 15.3. The number of Topliss-reactive ketones (excluding diaryl/α,β-unsaturated/α-hetero) is 2. The van der Waals surface area contributed by atoms with Gasteiger partial charge in [0, 0.05) is 26.7 Å². The van der Waals surface area contributed by atoms with E-state index < -0.39 is 26.8 Å². The van der Waals surface area contributed by atoms with Crippen molar-refractivity contribution in [3.8, 4) is 0 Å². The average Bonchev–Trinajstić information content (AvgIpc) is 2.46. The van der Waals surface area contributed by atoms with Crippen molar-refractivity contribution in [3.63, 3.8) is 0 Å². The van der Waals surface area contributed by atoms with Gasteiger partial charge in [0.25, 0.3) is 0 Å². The number of benzene rings is 1. The van der Waals surface area contributed by atoms with Crippen molar-refractivity contribution in [1.29, 1.82) is 0 Å². The zero-order chi connectivity index (χ0) is 18.1. The van der Waals surface area contributed by atoms with E-state index >= 15 is 0 Å². The number of likely N-dealkylation sites (N-methyl/N-ethyl adjacent to an activating group) is 1. The molecule has 1 heterocycles. The van der Waals surface area contributed by atoms with Gasteiger partial charge in [-0.25, -0.2) is 0 Å². The molecule has 0 amide bonds. The number of aryl methyl sites for hydroxylation is 1. The summed E-state index contributed by atoms with van der Waals surface area (Å²) < 4.78 is 30.4. The summed E-state index contributed by atoms with van der Waals surface area (Å²) in [6, 6.07) is 4.94. The fourth-order valence-electron chi connectivity index (χ4n) is 3.43. The Labute approximate surface area is 143 Å². The molecule has 0 N–H and O–H groups in total. The minimum atomic E-state index is -4.10. The Balaban J connectivity index is 2.45. The number of likely N-dealkylation sites (tertiary alicyclic amines) is 1. The molecule has 1 aliphatic heterocycles. The van der Waals surface area contributed by atoms with Crippen molar-refractivity contribution in [1.82, 2.24) is 0 Å². The van der Waals surface area contributed by atoms with Crippen LogP contribution in [0, 0.1) is 6.92 Å². The summed E-state index contributed by atoms with van der Waals surface area (Å²) in [6.07, 6.45) is 1.69. The summed E-state index contributed by atoms with van der Waals surface area (Å²) in [5.74, 6) is -0.356. The second kappa shape index (κ2) is 6.74. The van der Waals surface area contributed by atoms with Gasteiger partial charge >= 0.3 is 10.1 Å². The van der Waals surface area contributed by atoms with Gasteiger partial charge in [-0.15, -0.1) is 4.65 Å². The Morgan fingerprint density at radius 1 is 1.04 bits per heavy atom. The minimum Gasteiger partial charge on any atom is -0.293 e. The number of carbonyl (C=O) groups excluding carboxylic acids is 2. The molecule has 0 aliphatic carbocycles. The maximum atomic E-state index is 12.7. The van der Waals surface area contributed by atoms with Gasteiger partial charge in [-0.3, -0.25) is 9.59 Å². The lowest BCUT2D eigenvalue weighted by atomic mass is 9.91. The van der Waals surface area contributed by atoms with E-state index in [9.17, 15) is 18.0 Å². The topological polar surface area (TPSA) is 77.5 Å². The molecule has 1 aromatic rings. The highest BCUT2D eigenvalue weighted by atomic mass is 32.2. The Bertz CT molecular complexity index is 717. The van der Waals surface area contributed by atoms with E-state index in [1.165, 1.54) is 33.0 Å². The third-order valence-electron chi connectivity index (χ3n) is 4.70. The monoisotopic (exact) mass is 354 g/mol. The Hall–Kier alpha value is -1.57. The predicted octanol–water partition coefficient (Wildman–Crippen LogP) is 2.16. The van der Waals surface area contributed by atoms with Crippen molar-refractivity contribution in [3.05, 3.63) is 29.8 Å². The van der Waals surface area contributed by atoms with E-state index in [0.717, 1.165) is 5.56 Å². The number of hydrogen-bond donors (Lipinski definition) is 0. The van der Waals surface area contributed by atoms with Gasteiger partial charge in [-0.1, -0.05) is 22.0 Å². The summed E-state index contributed by atoms with van der Waals surface area (Å²) in [4.78, 5) is 24.1. The molecule has 7 heteroatoms. The molecule has 24 heavy (non-hydrogen) atoms. The van der Waals surface area contributed by atoms with Crippen molar-refractivity contribution in [2.45, 2.75) is 57.0 Å². The second-order valence-corrected chi connectivity index (χ2v) is 8.11. The van der Waals surface area contributed by atoms with E-state index in [4.69, 9.17) is 4.28 Å². The molecule has 1 aliphatic rings. The fraction of sp³-hybridized carbons (Fsp3) is 0.529. The maximum Gasteiger partial charge on any atom is 0.342 e. The zero-order valence-electron chi connectivity index (χ0n) is 14.5. The number of hydrogen-bond acceptors (Lipinski definition) is 5. The number of nitrogens with zero attached hydrogens (tertiary/aromatic N) is 1. The normalized spacial score (nSPS) is 27.7. The molecule has 2 unspecified atom stereocenters. The van der Waals surface area contributed by atoms with Crippen LogP contribution in [0.15, 0.2) is 29.2 Å². The highest BCUT2D eigenvalue weighted by molar-refractivity contribution is 7.86. The Morgan fingerprint density at radius 2 is 1.50 bits per heavy atom. The molecule has 0 aromatic heterocycles. The van der Waals surface area contributed by atoms with Gasteiger partial charge in [0.1, 0.15) is 7.05 Å². The summed E-state index contributed by atoms with van der Waals surface area (Å²) in [5, 5.41) is 0. The van der Waals surface area contributed by atoms with Gasteiger partial charge in [0.05, 0.1) is 4.90 Å². The predicted molar refractivity (Wildman–Crippen MR) is 88.4 cm³/mol. The van der Waals surface area contributed by atoms with Crippen LogP contribution in [0.25, 0.3) is 0 Å². The van der Waals surface area contributed by atoms with Crippen LogP contribution < -0.4 is 0 Å². The van der Waals surface area contributed by atoms with Crippen LogP contribution in [-0.4, -0.2) is 43.8 Å². The molecule has 1 aromatic carbocycles. The van der Waals surface area contributed by atoms with E-state index in [-0.39, 0.29) is 16.5 Å². The molecule has 6 nitrogen and oxygen atoms in total. The summed E-state index contributed by atoms with van der Waals surface area (Å²) in [6.45, 7) is 4.67. The van der Waals surface area contributed by atoms with Gasteiger partial charge in [0.15, 0.2) is 23.7 Å². The molecule has 0 spiro atoms. The number of carbonyl (C=O) groups is 2. The van der Waals surface area contributed by atoms with Crippen LogP contribution in [0.5, 0.6) is 0 Å². The standard InChI is InChI=1S/C17H24NO5S/c1-12-8-10-15(11-9-12)24(21,22)23-18(4)16(13(2)19)6-5-7-17(18)14(3)20/h8-11,16-17H,5-7H2,1-4H3/q+1. The quantitative estimate of drug-likeness (QED) is 0.757. The van der Waals surface area contributed by atoms with Crippen LogP contribution in [0.4, 0.5) is 0 Å². The second-order valence-electron chi connectivity index (χ2n) is 6.58. The van der Waals surface area contributed by atoms with Gasteiger partial charge < -0.3 is 0 Å². The van der Waals surface area contributed by atoms with E-state index in [1.807, 2.05) is 6.92 Å². The lowest BCUT2D eigenvalue weighted by Crippen LogP contribution is -2.65. The first kappa shape index (κ1) is 18.8. The third-order valence-corrected chi connectivity index (χ3v) is 6.07. The fourth-order valence-corrected chi connectivity index (χ4v) is 4.61. The van der Waals surface area contributed by atoms with Crippen LogP contribution in [0.3, 0.4) is 0 Å². The summed E-state index contributed by atoms with van der Waals surface area (Å²) in [7, 11) is -2.58. The first-order valence-corrected chi connectivity index (χ1v) is 9.38.